The van der Waals surface area contributed by atoms with Gasteiger partial charge in [0.1, 0.15) is 5.78 Å². The lowest BCUT2D eigenvalue weighted by Crippen LogP contribution is -2.12. The molecule has 0 aliphatic heterocycles. The molecule has 0 N–H and O–H groups in total. The van der Waals surface area contributed by atoms with Crippen molar-refractivity contribution < 1.29 is 9.53 Å². The Bertz CT molecular complexity index is 109. The minimum atomic E-state index is 0.218. The Hall–Kier alpha value is -0.370. The predicted octanol–water partition coefficient (Wildman–Crippen LogP) is 1.00. The van der Waals surface area contributed by atoms with Gasteiger partial charge in [-0.3, -0.25) is 4.79 Å². The second kappa shape index (κ2) is 2.97. The number of methoxy groups -OCH3 is 1. The maximum atomic E-state index is 10.9. The molecule has 1 atom stereocenters. The molecule has 2 nitrogen and oxygen atoms in total. The van der Waals surface area contributed by atoms with Gasteiger partial charge in [-0.2, -0.15) is 0 Å². The quantitative estimate of drug-likeness (QED) is 0.554. The van der Waals surface area contributed by atoms with Gasteiger partial charge in [-0.1, -0.05) is 0 Å². The minimum absolute atomic E-state index is 0.218. The van der Waals surface area contributed by atoms with Crippen molar-refractivity contribution in [3.05, 3.63) is 0 Å². The van der Waals surface area contributed by atoms with Crippen LogP contribution in [-0.4, -0.2) is 19.5 Å². The van der Waals surface area contributed by atoms with Crippen LogP contribution >= 0.6 is 0 Å². The number of hydrogen-bond acceptors (Lipinski definition) is 2. The first-order chi connectivity index (χ1) is 4.34. The van der Waals surface area contributed by atoms with E-state index in [1.54, 1.807) is 7.11 Å². The van der Waals surface area contributed by atoms with Gasteiger partial charge >= 0.3 is 0 Å². The lowest BCUT2D eigenvalue weighted by atomic mass is 10.1. The Morgan fingerprint density at radius 2 is 2.56 bits per heavy atom. The summed E-state index contributed by atoms with van der Waals surface area (Å²) >= 11 is 0. The summed E-state index contributed by atoms with van der Waals surface area (Å²) in [5, 5.41) is 0. The number of carbonyl (C=O) groups is 1. The molecule has 0 radical (unpaired) electrons. The van der Waals surface area contributed by atoms with Gasteiger partial charge in [0.25, 0.3) is 0 Å². The number of rotatable bonds is 2. The Labute approximate surface area is 55.2 Å². The summed E-state index contributed by atoms with van der Waals surface area (Å²) in [6, 6.07) is 0. The molecule has 0 heterocycles. The van der Waals surface area contributed by atoms with Gasteiger partial charge in [-0.05, 0) is 12.8 Å². The highest BCUT2D eigenvalue weighted by molar-refractivity contribution is 5.82. The first-order valence-corrected chi connectivity index (χ1v) is 3.36. The molecule has 1 rings (SSSR count). The van der Waals surface area contributed by atoms with E-state index in [1.165, 1.54) is 0 Å². The highest BCUT2D eigenvalue weighted by Gasteiger charge is 2.23. The number of Topliss-reactive ketones (excluding diaryl/α,β-unsaturated/α-hetero) is 1. The van der Waals surface area contributed by atoms with Crippen LogP contribution in [0.5, 0.6) is 0 Å². The smallest absolute Gasteiger partial charge is 0.138 e. The second-order valence-corrected chi connectivity index (χ2v) is 2.51. The molecule has 0 bridgehead atoms. The number of carbonyl (C=O) groups excluding carboxylic acids is 1. The fourth-order valence-electron chi connectivity index (χ4n) is 1.27. The van der Waals surface area contributed by atoms with Crippen LogP contribution in [0.25, 0.3) is 0 Å². The SMILES string of the molecule is COCC1CCCC1=O. The molecule has 0 aromatic heterocycles. The van der Waals surface area contributed by atoms with Crippen molar-refractivity contribution in [1.82, 2.24) is 0 Å². The third-order valence-corrected chi connectivity index (χ3v) is 1.80. The van der Waals surface area contributed by atoms with E-state index >= 15 is 0 Å². The van der Waals surface area contributed by atoms with Gasteiger partial charge in [0, 0.05) is 19.4 Å². The van der Waals surface area contributed by atoms with Crippen molar-refractivity contribution in [2.45, 2.75) is 19.3 Å². The van der Waals surface area contributed by atoms with E-state index in [0.717, 1.165) is 19.3 Å². The van der Waals surface area contributed by atoms with E-state index in [0.29, 0.717) is 12.4 Å². The largest absolute Gasteiger partial charge is 0.384 e. The van der Waals surface area contributed by atoms with Crippen molar-refractivity contribution in [2.24, 2.45) is 5.92 Å². The van der Waals surface area contributed by atoms with Crippen LogP contribution in [0.3, 0.4) is 0 Å². The summed E-state index contributed by atoms with van der Waals surface area (Å²) < 4.78 is 4.88. The molecule has 1 unspecified atom stereocenters. The lowest BCUT2D eigenvalue weighted by molar-refractivity contribution is -0.121. The van der Waals surface area contributed by atoms with Crippen LogP contribution in [0.15, 0.2) is 0 Å². The fraction of sp³-hybridized carbons (Fsp3) is 0.857. The maximum Gasteiger partial charge on any atom is 0.138 e. The zero-order chi connectivity index (χ0) is 6.69. The van der Waals surface area contributed by atoms with Crippen LogP contribution in [0.2, 0.25) is 0 Å². The van der Waals surface area contributed by atoms with Crippen molar-refractivity contribution in [3.63, 3.8) is 0 Å². The van der Waals surface area contributed by atoms with Gasteiger partial charge in [0.05, 0.1) is 6.61 Å². The topological polar surface area (TPSA) is 26.3 Å². The molecule has 1 saturated carbocycles. The molecular formula is C7H12O2. The average Bonchev–Trinajstić information content (AvgIpc) is 2.18. The minimum Gasteiger partial charge on any atom is -0.384 e. The zero-order valence-corrected chi connectivity index (χ0v) is 5.72. The van der Waals surface area contributed by atoms with E-state index in [4.69, 9.17) is 4.74 Å². The summed E-state index contributed by atoms with van der Waals surface area (Å²) in [7, 11) is 1.64. The van der Waals surface area contributed by atoms with Crippen molar-refractivity contribution in [3.8, 4) is 0 Å². The Morgan fingerprint density at radius 1 is 1.78 bits per heavy atom. The van der Waals surface area contributed by atoms with Crippen LogP contribution in [0.1, 0.15) is 19.3 Å². The Morgan fingerprint density at radius 3 is 3.00 bits per heavy atom. The summed E-state index contributed by atoms with van der Waals surface area (Å²) in [4.78, 5) is 10.9. The van der Waals surface area contributed by atoms with E-state index in [2.05, 4.69) is 0 Å². The third kappa shape index (κ3) is 1.52. The van der Waals surface area contributed by atoms with E-state index in [1.807, 2.05) is 0 Å². The monoisotopic (exact) mass is 128 g/mol. The van der Waals surface area contributed by atoms with Crippen molar-refractivity contribution >= 4 is 5.78 Å². The van der Waals surface area contributed by atoms with Gasteiger partial charge in [-0.15, -0.1) is 0 Å². The van der Waals surface area contributed by atoms with Gasteiger partial charge in [0.15, 0.2) is 0 Å². The summed E-state index contributed by atoms with van der Waals surface area (Å²) in [5.74, 6) is 0.604. The van der Waals surface area contributed by atoms with Gasteiger partial charge in [0.2, 0.25) is 0 Å². The van der Waals surface area contributed by atoms with Crippen LogP contribution in [0.4, 0.5) is 0 Å². The van der Waals surface area contributed by atoms with Crippen LogP contribution in [-0.2, 0) is 9.53 Å². The van der Waals surface area contributed by atoms with Gasteiger partial charge in [-0.25, -0.2) is 0 Å². The highest BCUT2D eigenvalue weighted by Crippen LogP contribution is 2.20. The van der Waals surface area contributed by atoms with Crippen molar-refractivity contribution in [2.75, 3.05) is 13.7 Å². The summed E-state index contributed by atoms with van der Waals surface area (Å²) in [6.45, 7) is 0.624. The fourth-order valence-corrected chi connectivity index (χ4v) is 1.27. The molecule has 1 fully saturated rings. The lowest BCUT2D eigenvalue weighted by Gasteiger charge is -2.03. The first kappa shape index (κ1) is 6.75. The molecule has 0 aromatic rings. The standard InChI is InChI=1S/C7H12O2/c1-9-5-6-3-2-4-7(6)8/h6H,2-5H2,1H3. The molecule has 1 aliphatic rings. The average molecular weight is 128 g/mol. The van der Waals surface area contributed by atoms with Crippen molar-refractivity contribution in [1.29, 1.82) is 0 Å². The van der Waals surface area contributed by atoms with E-state index in [9.17, 15) is 4.79 Å². The second-order valence-electron chi connectivity index (χ2n) is 2.51. The summed E-state index contributed by atoms with van der Waals surface area (Å²) in [6.07, 6.45) is 2.87. The molecule has 0 spiro atoms. The molecule has 52 valence electrons. The van der Waals surface area contributed by atoms with E-state index < -0.39 is 0 Å². The molecule has 1 aliphatic carbocycles. The normalized spacial score (nSPS) is 27.2. The number of ether oxygens (including phenoxy) is 1. The van der Waals surface area contributed by atoms with Gasteiger partial charge < -0.3 is 4.74 Å². The molecule has 9 heavy (non-hydrogen) atoms. The Balaban J connectivity index is 2.31. The number of ketones is 1. The van der Waals surface area contributed by atoms with E-state index in [-0.39, 0.29) is 5.92 Å². The molecule has 0 aromatic carbocycles. The highest BCUT2D eigenvalue weighted by atomic mass is 16.5. The number of hydrogen-bond donors (Lipinski definition) is 0. The third-order valence-electron chi connectivity index (χ3n) is 1.80. The van der Waals surface area contributed by atoms with Crippen LogP contribution in [0, 0.1) is 5.92 Å². The maximum absolute atomic E-state index is 10.9. The predicted molar refractivity (Wildman–Crippen MR) is 34.2 cm³/mol. The molecule has 0 amide bonds. The molecular weight excluding hydrogens is 116 g/mol. The zero-order valence-electron chi connectivity index (χ0n) is 5.72. The van der Waals surface area contributed by atoms with Crippen LogP contribution < -0.4 is 0 Å². The molecule has 2 heteroatoms. The summed E-state index contributed by atoms with van der Waals surface area (Å²) in [5.41, 5.74) is 0. The first-order valence-electron chi connectivity index (χ1n) is 3.36. The molecule has 0 saturated heterocycles. The Kier molecular flexibility index (Phi) is 2.22.